The van der Waals surface area contributed by atoms with Crippen molar-refractivity contribution < 1.29 is 0 Å². The van der Waals surface area contributed by atoms with Crippen LogP contribution in [0, 0.1) is 0 Å². The molecule has 50 heavy (non-hydrogen) atoms. The molecular formula is C45H27N5. The third-order valence-electron chi connectivity index (χ3n) is 9.51. The molecule has 0 aliphatic heterocycles. The third kappa shape index (κ3) is 4.60. The molecule has 0 spiro atoms. The zero-order valence-electron chi connectivity index (χ0n) is 26.8. The summed E-state index contributed by atoms with van der Waals surface area (Å²) < 4.78 is 0. The summed E-state index contributed by atoms with van der Waals surface area (Å²) in [5.41, 5.74) is 6.39. The predicted molar refractivity (Wildman–Crippen MR) is 205 cm³/mol. The average molecular weight is 638 g/mol. The third-order valence-corrected chi connectivity index (χ3v) is 9.51. The van der Waals surface area contributed by atoms with Crippen molar-refractivity contribution in [1.29, 1.82) is 0 Å². The zero-order valence-corrected chi connectivity index (χ0v) is 26.8. The van der Waals surface area contributed by atoms with Gasteiger partial charge in [0, 0.05) is 44.6 Å². The molecule has 10 rings (SSSR count). The summed E-state index contributed by atoms with van der Waals surface area (Å²) in [5.74, 6) is 1.86. The van der Waals surface area contributed by atoms with Gasteiger partial charge in [0.25, 0.3) is 0 Å². The maximum Gasteiger partial charge on any atom is 0.164 e. The summed E-state index contributed by atoms with van der Waals surface area (Å²) in [6.45, 7) is 0. The zero-order chi connectivity index (χ0) is 33.0. The van der Waals surface area contributed by atoms with E-state index in [4.69, 9.17) is 24.9 Å². The van der Waals surface area contributed by atoms with Gasteiger partial charge in [-0.3, -0.25) is 4.98 Å². The van der Waals surface area contributed by atoms with Crippen molar-refractivity contribution in [2.24, 2.45) is 0 Å². The molecule has 0 fully saturated rings. The molecular weight excluding hydrogens is 611 g/mol. The van der Waals surface area contributed by atoms with E-state index in [1.165, 1.54) is 10.8 Å². The maximum absolute atomic E-state index is 5.27. The van der Waals surface area contributed by atoms with Crippen molar-refractivity contribution in [3.05, 3.63) is 164 Å². The SMILES string of the molecule is c1ccc(-c2nc(-c3ccccc3)nc(-c3cc(-c4ccc5ccc6cccnc6c5n4)cc4c5ccccc5c5ccccc5c34)n2)cc1. The fourth-order valence-electron chi connectivity index (χ4n) is 7.17. The quantitative estimate of drug-likeness (QED) is 0.180. The lowest BCUT2D eigenvalue weighted by Gasteiger charge is -2.17. The van der Waals surface area contributed by atoms with Gasteiger partial charge < -0.3 is 0 Å². The Bertz CT molecular complexity index is 2860. The number of pyridine rings is 2. The van der Waals surface area contributed by atoms with Gasteiger partial charge in [-0.15, -0.1) is 0 Å². The molecule has 0 bridgehead atoms. The normalized spacial score (nSPS) is 11.6. The molecule has 0 saturated heterocycles. The monoisotopic (exact) mass is 637 g/mol. The van der Waals surface area contributed by atoms with Crippen LogP contribution in [0.15, 0.2) is 164 Å². The largest absolute Gasteiger partial charge is 0.254 e. The van der Waals surface area contributed by atoms with E-state index in [2.05, 4.69) is 91.0 Å². The average Bonchev–Trinajstić information content (AvgIpc) is 3.20. The topological polar surface area (TPSA) is 64.5 Å². The Balaban J connectivity index is 1.34. The van der Waals surface area contributed by atoms with Crippen LogP contribution in [0.2, 0.25) is 0 Å². The highest BCUT2D eigenvalue weighted by atomic mass is 15.0. The molecule has 0 unspecified atom stereocenters. The van der Waals surface area contributed by atoms with Crippen LogP contribution < -0.4 is 0 Å². The smallest absolute Gasteiger partial charge is 0.164 e. The van der Waals surface area contributed by atoms with E-state index >= 15 is 0 Å². The van der Waals surface area contributed by atoms with Crippen molar-refractivity contribution in [3.63, 3.8) is 0 Å². The van der Waals surface area contributed by atoms with Crippen molar-refractivity contribution in [2.75, 3.05) is 0 Å². The number of nitrogens with zero attached hydrogens (tertiary/aromatic N) is 5. The number of fused-ring (bicyclic) bond motifs is 9. The van der Waals surface area contributed by atoms with Crippen LogP contribution in [0.3, 0.4) is 0 Å². The summed E-state index contributed by atoms with van der Waals surface area (Å²) in [6, 6.07) is 54.5. The summed E-state index contributed by atoms with van der Waals surface area (Å²) >= 11 is 0. The molecule has 0 N–H and O–H groups in total. The molecule has 3 heterocycles. The van der Waals surface area contributed by atoms with Gasteiger partial charge in [-0.2, -0.15) is 0 Å². The molecule has 232 valence electrons. The highest BCUT2D eigenvalue weighted by Crippen LogP contribution is 2.42. The predicted octanol–water partition coefficient (Wildman–Crippen LogP) is 11.1. The summed E-state index contributed by atoms with van der Waals surface area (Å²) in [7, 11) is 0. The van der Waals surface area contributed by atoms with Crippen molar-refractivity contribution in [2.45, 2.75) is 0 Å². The number of hydrogen-bond acceptors (Lipinski definition) is 5. The van der Waals surface area contributed by atoms with E-state index in [-0.39, 0.29) is 0 Å². The first kappa shape index (κ1) is 28.2. The standard InChI is InChI=1S/C45H27N5/c1-3-12-30(13-4-1)43-48-44(31-14-5-2-6-15-31)50-45(49-43)38-27-32(39-24-23-29-22-21-28-16-11-25-46-41(28)42(29)47-39)26-37-35-19-8-7-17-33(35)34-18-9-10-20-36(34)40(37)38/h1-27H. The molecule has 0 amide bonds. The molecule has 0 aliphatic carbocycles. The molecule has 0 atom stereocenters. The van der Waals surface area contributed by atoms with Gasteiger partial charge in [-0.25, -0.2) is 19.9 Å². The molecule has 0 radical (unpaired) electrons. The van der Waals surface area contributed by atoms with Crippen LogP contribution in [0.4, 0.5) is 0 Å². The van der Waals surface area contributed by atoms with Gasteiger partial charge in [0.05, 0.1) is 16.7 Å². The molecule has 0 saturated carbocycles. The van der Waals surface area contributed by atoms with Gasteiger partial charge >= 0.3 is 0 Å². The Morgan fingerprint density at radius 3 is 1.56 bits per heavy atom. The van der Waals surface area contributed by atoms with Gasteiger partial charge in [-0.05, 0) is 51.2 Å². The highest BCUT2D eigenvalue weighted by Gasteiger charge is 2.20. The van der Waals surface area contributed by atoms with Crippen LogP contribution in [-0.2, 0) is 0 Å². The van der Waals surface area contributed by atoms with Crippen LogP contribution in [0.5, 0.6) is 0 Å². The van der Waals surface area contributed by atoms with E-state index in [0.717, 1.165) is 71.3 Å². The molecule has 3 aromatic heterocycles. The number of aromatic nitrogens is 5. The Morgan fingerprint density at radius 2 is 0.880 bits per heavy atom. The highest BCUT2D eigenvalue weighted by molar-refractivity contribution is 6.28. The van der Waals surface area contributed by atoms with E-state index in [0.29, 0.717) is 17.5 Å². The second-order valence-electron chi connectivity index (χ2n) is 12.5. The van der Waals surface area contributed by atoms with Crippen molar-refractivity contribution in [3.8, 4) is 45.4 Å². The number of rotatable bonds is 4. The van der Waals surface area contributed by atoms with E-state index in [1.54, 1.807) is 0 Å². The lowest BCUT2D eigenvalue weighted by Crippen LogP contribution is -2.01. The first-order valence-corrected chi connectivity index (χ1v) is 16.7. The Hall–Kier alpha value is -6.85. The molecule has 0 aliphatic rings. The summed E-state index contributed by atoms with van der Waals surface area (Å²) in [4.78, 5) is 25.4. The molecule has 7 aromatic carbocycles. The van der Waals surface area contributed by atoms with Crippen LogP contribution in [0.25, 0.3) is 99.5 Å². The minimum atomic E-state index is 0.609. The van der Waals surface area contributed by atoms with Crippen LogP contribution in [-0.4, -0.2) is 24.9 Å². The fraction of sp³-hybridized carbons (Fsp3) is 0. The van der Waals surface area contributed by atoms with Crippen LogP contribution in [0.1, 0.15) is 0 Å². The minimum Gasteiger partial charge on any atom is -0.254 e. The van der Waals surface area contributed by atoms with Crippen LogP contribution >= 0.6 is 0 Å². The number of hydrogen-bond donors (Lipinski definition) is 0. The maximum atomic E-state index is 5.27. The lowest BCUT2D eigenvalue weighted by molar-refractivity contribution is 1.08. The first-order valence-electron chi connectivity index (χ1n) is 16.7. The van der Waals surface area contributed by atoms with E-state index in [1.807, 2.05) is 72.9 Å². The van der Waals surface area contributed by atoms with Crippen molar-refractivity contribution >= 4 is 54.1 Å². The van der Waals surface area contributed by atoms with Gasteiger partial charge in [0.1, 0.15) is 0 Å². The second kappa shape index (κ2) is 11.4. The van der Waals surface area contributed by atoms with Gasteiger partial charge in [0.2, 0.25) is 0 Å². The minimum absolute atomic E-state index is 0.609. The summed E-state index contributed by atoms with van der Waals surface area (Å²) in [5, 5.41) is 9.03. The van der Waals surface area contributed by atoms with Crippen molar-refractivity contribution in [1.82, 2.24) is 24.9 Å². The number of benzene rings is 7. The van der Waals surface area contributed by atoms with E-state index in [9.17, 15) is 0 Å². The van der Waals surface area contributed by atoms with E-state index < -0.39 is 0 Å². The van der Waals surface area contributed by atoms with Gasteiger partial charge in [-0.1, -0.05) is 133 Å². The second-order valence-corrected chi connectivity index (χ2v) is 12.5. The molecule has 5 nitrogen and oxygen atoms in total. The Kier molecular flexibility index (Phi) is 6.42. The lowest BCUT2D eigenvalue weighted by atomic mass is 9.89. The van der Waals surface area contributed by atoms with Gasteiger partial charge in [0.15, 0.2) is 17.5 Å². The first-order chi connectivity index (χ1) is 24.8. The molecule has 5 heteroatoms. The Morgan fingerprint density at radius 1 is 0.340 bits per heavy atom. The Labute approximate surface area is 287 Å². The molecule has 10 aromatic rings. The fourth-order valence-corrected chi connectivity index (χ4v) is 7.17. The summed E-state index contributed by atoms with van der Waals surface area (Å²) in [6.07, 6.45) is 1.83.